The maximum atomic E-state index is 4.40. The summed E-state index contributed by atoms with van der Waals surface area (Å²) in [6.45, 7) is 7.51. The Labute approximate surface area is 86.5 Å². The van der Waals surface area contributed by atoms with Gasteiger partial charge in [-0.05, 0) is 12.8 Å². The van der Waals surface area contributed by atoms with Crippen molar-refractivity contribution in [3.05, 3.63) is 11.9 Å². The van der Waals surface area contributed by atoms with Gasteiger partial charge in [-0.1, -0.05) is 26.7 Å². The van der Waals surface area contributed by atoms with Gasteiger partial charge < -0.3 is 9.88 Å². The van der Waals surface area contributed by atoms with E-state index in [-0.39, 0.29) is 0 Å². The van der Waals surface area contributed by atoms with Crippen LogP contribution in [0.3, 0.4) is 0 Å². The Morgan fingerprint density at radius 3 is 2.50 bits per heavy atom. The molecule has 0 spiro atoms. The van der Waals surface area contributed by atoms with E-state index < -0.39 is 0 Å². The van der Waals surface area contributed by atoms with Crippen LogP contribution in [0.5, 0.6) is 0 Å². The number of anilines is 1. The van der Waals surface area contributed by atoms with Crippen molar-refractivity contribution in [2.45, 2.75) is 33.6 Å². The van der Waals surface area contributed by atoms with E-state index in [1.165, 1.54) is 12.8 Å². The third kappa shape index (κ3) is 2.76. The van der Waals surface area contributed by atoms with Crippen LogP contribution in [0.4, 0.5) is 5.95 Å². The summed E-state index contributed by atoms with van der Waals surface area (Å²) in [6.07, 6.45) is 4.50. The van der Waals surface area contributed by atoms with Crippen molar-refractivity contribution in [2.24, 2.45) is 13.0 Å². The lowest BCUT2D eigenvalue weighted by Gasteiger charge is -2.13. The van der Waals surface area contributed by atoms with E-state index in [1.54, 1.807) is 0 Å². The highest BCUT2D eigenvalue weighted by molar-refractivity contribution is 5.28. The minimum atomic E-state index is 0.756. The van der Waals surface area contributed by atoms with E-state index >= 15 is 0 Å². The molecule has 0 aromatic carbocycles. The molecule has 3 heteroatoms. The van der Waals surface area contributed by atoms with E-state index in [4.69, 9.17) is 0 Å². The molecule has 14 heavy (non-hydrogen) atoms. The smallest absolute Gasteiger partial charge is 0.202 e. The van der Waals surface area contributed by atoms with E-state index in [0.29, 0.717) is 0 Å². The fourth-order valence-electron chi connectivity index (χ4n) is 1.59. The average molecular weight is 195 g/mol. The zero-order chi connectivity index (χ0) is 10.6. The highest BCUT2D eigenvalue weighted by Gasteiger charge is 2.05. The molecule has 1 rings (SSSR count). The van der Waals surface area contributed by atoms with E-state index in [2.05, 4.69) is 24.1 Å². The Balaban J connectivity index is 2.48. The maximum absolute atomic E-state index is 4.40. The molecule has 0 atom stereocenters. The molecule has 0 unspecified atom stereocenters. The van der Waals surface area contributed by atoms with Crippen LogP contribution in [0, 0.1) is 12.8 Å². The van der Waals surface area contributed by atoms with Crippen LogP contribution >= 0.6 is 0 Å². The first-order valence-electron chi connectivity index (χ1n) is 5.41. The first-order chi connectivity index (χ1) is 6.67. The molecule has 3 nitrogen and oxygen atoms in total. The first kappa shape index (κ1) is 11.1. The minimum absolute atomic E-state index is 0.756. The topological polar surface area (TPSA) is 29.9 Å². The van der Waals surface area contributed by atoms with E-state index in [0.717, 1.165) is 24.1 Å². The van der Waals surface area contributed by atoms with Crippen molar-refractivity contribution in [2.75, 3.05) is 11.9 Å². The largest absolute Gasteiger partial charge is 0.355 e. The van der Waals surface area contributed by atoms with Crippen LogP contribution in [0.2, 0.25) is 0 Å². The zero-order valence-corrected chi connectivity index (χ0v) is 9.67. The average Bonchev–Trinajstić information content (AvgIpc) is 2.47. The van der Waals surface area contributed by atoms with Crippen LogP contribution in [0.25, 0.3) is 0 Å². The molecule has 0 bridgehead atoms. The van der Waals surface area contributed by atoms with Gasteiger partial charge in [0.1, 0.15) is 0 Å². The monoisotopic (exact) mass is 195 g/mol. The van der Waals surface area contributed by atoms with Gasteiger partial charge in [0.15, 0.2) is 0 Å². The molecule has 80 valence electrons. The molecule has 0 amide bonds. The number of nitrogens with zero attached hydrogens (tertiary/aromatic N) is 2. The van der Waals surface area contributed by atoms with Crippen LogP contribution in [-0.2, 0) is 7.05 Å². The summed E-state index contributed by atoms with van der Waals surface area (Å²) >= 11 is 0. The second-order valence-corrected chi connectivity index (χ2v) is 3.88. The lowest BCUT2D eigenvalue weighted by molar-refractivity contribution is 0.517. The summed E-state index contributed by atoms with van der Waals surface area (Å²) in [6, 6.07) is 0. The lowest BCUT2D eigenvalue weighted by atomic mass is 10.0. The fraction of sp³-hybridized carbons (Fsp3) is 0.727. The van der Waals surface area contributed by atoms with Crippen molar-refractivity contribution < 1.29 is 0 Å². The van der Waals surface area contributed by atoms with Crippen molar-refractivity contribution in [1.82, 2.24) is 9.55 Å². The number of hydrogen-bond donors (Lipinski definition) is 1. The number of aromatic nitrogens is 2. The first-order valence-corrected chi connectivity index (χ1v) is 5.41. The molecular formula is C11H21N3. The third-order valence-corrected chi connectivity index (χ3v) is 2.70. The van der Waals surface area contributed by atoms with E-state index in [1.807, 2.05) is 24.7 Å². The molecule has 1 heterocycles. The molecule has 1 aromatic heterocycles. The van der Waals surface area contributed by atoms with Crippen LogP contribution in [0.15, 0.2) is 6.20 Å². The maximum Gasteiger partial charge on any atom is 0.202 e. The quantitative estimate of drug-likeness (QED) is 0.782. The minimum Gasteiger partial charge on any atom is -0.355 e. The Morgan fingerprint density at radius 1 is 1.43 bits per heavy atom. The third-order valence-electron chi connectivity index (χ3n) is 2.70. The summed E-state index contributed by atoms with van der Waals surface area (Å²) in [5.41, 5.74) is 1.07. The van der Waals surface area contributed by atoms with Gasteiger partial charge in [0, 0.05) is 19.8 Å². The van der Waals surface area contributed by atoms with Gasteiger partial charge in [0.05, 0.1) is 5.69 Å². The van der Waals surface area contributed by atoms with Crippen molar-refractivity contribution in [3.63, 3.8) is 0 Å². The normalized spacial score (nSPS) is 10.9. The Hall–Kier alpha value is -0.990. The number of imidazole rings is 1. The van der Waals surface area contributed by atoms with Crippen LogP contribution in [0.1, 0.15) is 32.4 Å². The molecule has 0 aliphatic heterocycles. The number of nitrogens with one attached hydrogen (secondary N) is 1. The molecule has 0 aliphatic rings. The Bertz CT molecular complexity index is 274. The van der Waals surface area contributed by atoms with Gasteiger partial charge in [-0.3, -0.25) is 0 Å². The predicted molar refractivity (Wildman–Crippen MR) is 60.5 cm³/mol. The summed E-state index contributed by atoms with van der Waals surface area (Å²) in [5, 5.41) is 3.39. The van der Waals surface area contributed by atoms with Gasteiger partial charge in [-0.2, -0.15) is 0 Å². The van der Waals surface area contributed by atoms with E-state index in [9.17, 15) is 0 Å². The molecule has 0 radical (unpaired) electrons. The van der Waals surface area contributed by atoms with Gasteiger partial charge in [-0.15, -0.1) is 0 Å². The zero-order valence-electron chi connectivity index (χ0n) is 9.67. The van der Waals surface area contributed by atoms with Gasteiger partial charge >= 0.3 is 0 Å². The number of aryl methyl sites for hydroxylation is 2. The molecule has 0 fully saturated rings. The number of hydrogen-bond acceptors (Lipinski definition) is 2. The molecule has 0 aliphatic carbocycles. The Morgan fingerprint density at radius 2 is 2.07 bits per heavy atom. The van der Waals surface area contributed by atoms with Crippen LogP contribution < -0.4 is 5.32 Å². The second kappa shape index (κ2) is 5.03. The summed E-state index contributed by atoms with van der Waals surface area (Å²) in [5.74, 6) is 1.74. The van der Waals surface area contributed by atoms with Crippen molar-refractivity contribution in [3.8, 4) is 0 Å². The summed E-state index contributed by atoms with van der Waals surface area (Å²) in [4.78, 5) is 4.40. The van der Waals surface area contributed by atoms with Crippen molar-refractivity contribution in [1.29, 1.82) is 0 Å². The Kier molecular flexibility index (Phi) is 3.98. The molecule has 1 aromatic rings. The lowest BCUT2D eigenvalue weighted by Crippen LogP contribution is -2.15. The predicted octanol–water partition coefficient (Wildman–Crippen LogP) is 2.58. The van der Waals surface area contributed by atoms with Gasteiger partial charge in [0.25, 0.3) is 0 Å². The van der Waals surface area contributed by atoms with Crippen LogP contribution in [-0.4, -0.2) is 16.1 Å². The fourth-order valence-corrected chi connectivity index (χ4v) is 1.59. The second-order valence-electron chi connectivity index (χ2n) is 3.88. The molecule has 0 saturated heterocycles. The molecule has 0 saturated carbocycles. The highest BCUT2D eigenvalue weighted by atomic mass is 15.2. The summed E-state index contributed by atoms with van der Waals surface area (Å²) in [7, 11) is 2.02. The molecule has 1 N–H and O–H groups in total. The summed E-state index contributed by atoms with van der Waals surface area (Å²) < 4.78 is 2.04. The highest BCUT2D eigenvalue weighted by Crippen LogP contribution is 2.10. The van der Waals surface area contributed by atoms with Gasteiger partial charge in [-0.25, -0.2) is 4.98 Å². The number of rotatable bonds is 5. The molecular weight excluding hydrogens is 174 g/mol. The standard InChI is InChI=1S/C11H21N3/c1-5-10(6-2)7-12-11-13-9(3)8-14(11)4/h8,10H,5-7H2,1-4H3,(H,12,13). The van der Waals surface area contributed by atoms with Gasteiger partial charge in [0.2, 0.25) is 5.95 Å². The van der Waals surface area contributed by atoms with Crippen molar-refractivity contribution >= 4 is 5.95 Å². The SMILES string of the molecule is CCC(CC)CNc1nc(C)cn1C.